The van der Waals surface area contributed by atoms with Gasteiger partial charge in [-0.15, -0.1) is 24.0 Å². The van der Waals surface area contributed by atoms with E-state index in [0.717, 1.165) is 25.9 Å². The van der Waals surface area contributed by atoms with Crippen molar-refractivity contribution in [2.24, 2.45) is 10.4 Å². The van der Waals surface area contributed by atoms with Crippen LogP contribution < -0.4 is 10.6 Å². The standard InChI is InChI=1S/C13H25F2N3O.HI/c1-3-16-12(17-9-11(14)15)18-10-13(5-4-6-13)7-8-19-2;/h11H,3-10H2,1-2H3,(H2,16,17,18);1H. The molecule has 0 heterocycles. The Morgan fingerprint density at radius 2 is 2.05 bits per heavy atom. The molecule has 1 saturated carbocycles. The van der Waals surface area contributed by atoms with Crippen LogP contribution in [0.1, 0.15) is 32.6 Å². The first-order chi connectivity index (χ1) is 9.12. The van der Waals surface area contributed by atoms with E-state index in [1.807, 2.05) is 6.92 Å². The second kappa shape index (κ2) is 10.5. The Hall–Kier alpha value is -0.180. The van der Waals surface area contributed by atoms with E-state index in [2.05, 4.69) is 15.6 Å². The third-order valence-corrected chi connectivity index (χ3v) is 3.59. The maximum atomic E-state index is 12.2. The summed E-state index contributed by atoms with van der Waals surface area (Å²) in [5.41, 5.74) is 0.212. The molecular formula is C13H26F2IN3O. The monoisotopic (exact) mass is 405 g/mol. The molecule has 0 unspecified atom stereocenters. The zero-order valence-electron chi connectivity index (χ0n) is 12.3. The van der Waals surface area contributed by atoms with Gasteiger partial charge >= 0.3 is 0 Å². The molecule has 0 bridgehead atoms. The molecule has 0 radical (unpaired) electrons. The van der Waals surface area contributed by atoms with Crippen molar-refractivity contribution in [1.82, 2.24) is 10.6 Å². The molecule has 2 N–H and O–H groups in total. The molecule has 0 aliphatic heterocycles. The molecule has 0 atom stereocenters. The molecule has 1 aliphatic rings. The van der Waals surface area contributed by atoms with E-state index in [1.54, 1.807) is 7.11 Å². The highest BCUT2D eigenvalue weighted by Crippen LogP contribution is 2.44. The predicted octanol–water partition coefficient (Wildman–Crippen LogP) is 2.63. The lowest BCUT2D eigenvalue weighted by Crippen LogP contribution is -2.41. The molecule has 4 nitrogen and oxygen atoms in total. The molecule has 120 valence electrons. The molecule has 1 aliphatic carbocycles. The molecule has 0 aromatic rings. The predicted molar refractivity (Wildman–Crippen MR) is 88.2 cm³/mol. The van der Waals surface area contributed by atoms with Gasteiger partial charge in [0.05, 0.1) is 6.54 Å². The van der Waals surface area contributed by atoms with Crippen LogP contribution in [0.15, 0.2) is 4.99 Å². The normalized spacial score (nSPS) is 17.4. The molecular weight excluding hydrogens is 379 g/mol. The molecule has 1 rings (SSSR count). The molecule has 0 amide bonds. The fraction of sp³-hybridized carbons (Fsp3) is 0.923. The Labute approximate surface area is 137 Å². The molecule has 7 heteroatoms. The van der Waals surface area contributed by atoms with Crippen LogP contribution in [0.5, 0.6) is 0 Å². The highest BCUT2D eigenvalue weighted by atomic mass is 127. The van der Waals surface area contributed by atoms with Crippen LogP contribution in [0.2, 0.25) is 0 Å². The third-order valence-electron chi connectivity index (χ3n) is 3.59. The maximum Gasteiger partial charge on any atom is 0.255 e. The van der Waals surface area contributed by atoms with E-state index in [1.165, 1.54) is 6.42 Å². The van der Waals surface area contributed by atoms with E-state index in [9.17, 15) is 8.78 Å². The van der Waals surface area contributed by atoms with Gasteiger partial charge in [-0.2, -0.15) is 0 Å². The number of aliphatic imine (C=N–C) groups is 1. The summed E-state index contributed by atoms with van der Waals surface area (Å²) in [5.74, 6) is 0.478. The number of halogens is 3. The van der Waals surface area contributed by atoms with Crippen molar-refractivity contribution >= 4 is 29.9 Å². The number of ether oxygens (including phenoxy) is 1. The minimum atomic E-state index is -2.37. The van der Waals surface area contributed by atoms with Gasteiger partial charge in [-0.1, -0.05) is 6.42 Å². The van der Waals surface area contributed by atoms with Gasteiger partial charge < -0.3 is 15.4 Å². The summed E-state index contributed by atoms with van der Waals surface area (Å²) in [4.78, 5) is 4.44. The maximum absolute atomic E-state index is 12.2. The smallest absolute Gasteiger partial charge is 0.255 e. The van der Waals surface area contributed by atoms with Gasteiger partial charge in [0.15, 0.2) is 5.96 Å². The summed E-state index contributed by atoms with van der Waals surface area (Å²) in [5, 5.41) is 5.64. The van der Waals surface area contributed by atoms with Crippen molar-refractivity contribution in [3.8, 4) is 0 Å². The summed E-state index contributed by atoms with van der Waals surface area (Å²) in [6.07, 6.45) is 2.14. The molecule has 0 saturated heterocycles. The van der Waals surface area contributed by atoms with E-state index in [0.29, 0.717) is 19.0 Å². The quantitative estimate of drug-likeness (QED) is 0.371. The van der Waals surface area contributed by atoms with Crippen LogP contribution in [0.25, 0.3) is 0 Å². The number of hydrogen-bond donors (Lipinski definition) is 2. The molecule has 0 aromatic carbocycles. The second-order valence-corrected chi connectivity index (χ2v) is 5.06. The van der Waals surface area contributed by atoms with Crippen LogP contribution in [0, 0.1) is 5.41 Å². The highest BCUT2D eigenvalue weighted by molar-refractivity contribution is 14.0. The summed E-state index contributed by atoms with van der Waals surface area (Å²) in [6, 6.07) is 0. The Bertz CT molecular complexity index is 287. The van der Waals surface area contributed by atoms with Crippen molar-refractivity contribution in [1.29, 1.82) is 0 Å². The number of rotatable bonds is 8. The van der Waals surface area contributed by atoms with Gasteiger partial charge in [0.2, 0.25) is 0 Å². The van der Waals surface area contributed by atoms with Crippen LogP contribution in [-0.2, 0) is 4.74 Å². The van der Waals surface area contributed by atoms with Gasteiger partial charge in [0.25, 0.3) is 6.43 Å². The zero-order valence-corrected chi connectivity index (χ0v) is 14.6. The van der Waals surface area contributed by atoms with Crippen LogP contribution in [-0.4, -0.2) is 45.7 Å². The minimum Gasteiger partial charge on any atom is -0.385 e. The van der Waals surface area contributed by atoms with Gasteiger partial charge in [0.1, 0.15) is 0 Å². The summed E-state index contributed by atoms with van der Waals surface area (Å²) >= 11 is 0. The van der Waals surface area contributed by atoms with Crippen molar-refractivity contribution in [3.63, 3.8) is 0 Å². The van der Waals surface area contributed by atoms with E-state index in [-0.39, 0.29) is 35.9 Å². The molecule has 20 heavy (non-hydrogen) atoms. The first kappa shape index (κ1) is 19.8. The number of methoxy groups -OCH3 is 1. The lowest BCUT2D eigenvalue weighted by atomic mass is 9.67. The van der Waals surface area contributed by atoms with E-state index >= 15 is 0 Å². The Morgan fingerprint density at radius 3 is 2.50 bits per heavy atom. The van der Waals surface area contributed by atoms with Gasteiger partial charge in [-0.25, -0.2) is 8.78 Å². The van der Waals surface area contributed by atoms with Crippen LogP contribution in [0.3, 0.4) is 0 Å². The topological polar surface area (TPSA) is 45.7 Å². The average Bonchev–Trinajstić information content (AvgIpc) is 2.33. The average molecular weight is 405 g/mol. The van der Waals surface area contributed by atoms with Crippen molar-refractivity contribution in [3.05, 3.63) is 0 Å². The molecule has 0 spiro atoms. The summed E-state index contributed by atoms with van der Waals surface area (Å²) in [6.45, 7) is 3.63. The Balaban J connectivity index is 0.00000361. The van der Waals surface area contributed by atoms with Gasteiger partial charge in [0, 0.05) is 26.8 Å². The van der Waals surface area contributed by atoms with E-state index in [4.69, 9.17) is 4.74 Å². The summed E-state index contributed by atoms with van der Waals surface area (Å²) < 4.78 is 29.5. The number of nitrogens with one attached hydrogen (secondary N) is 2. The molecule has 1 fully saturated rings. The number of guanidine groups is 1. The summed E-state index contributed by atoms with van der Waals surface area (Å²) in [7, 11) is 1.70. The van der Waals surface area contributed by atoms with Gasteiger partial charge in [-0.3, -0.25) is 4.99 Å². The second-order valence-electron chi connectivity index (χ2n) is 5.06. The lowest BCUT2D eigenvalue weighted by molar-refractivity contribution is 0.0778. The van der Waals surface area contributed by atoms with Crippen LogP contribution in [0.4, 0.5) is 8.78 Å². The Morgan fingerprint density at radius 1 is 1.35 bits per heavy atom. The number of nitrogens with zero attached hydrogens (tertiary/aromatic N) is 1. The highest BCUT2D eigenvalue weighted by Gasteiger charge is 2.36. The van der Waals surface area contributed by atoms with Crippen molar-refractivity contribution < 1.29 is 13.5 Å². The fourth-order valence-electron chi connectivity index (χ4n) is 2.24. The number of alkyl halides is 2. The largest absolute Gasteiger partial charge is 0.385 e. The fourth-order valence-corrected chi connectivity index (χ4v) is 2.24. The lowest BCUT2D eigenvalue weighted by Gasteiger charge is -2.40. The Kier molecular flexibility index (Phi) is 10.4. The first-order valence-corrected chi connectivity index (χ1v) is 6.91. The minimum absolute atomic E-state index is 0. The SMILES string of the molecule is CCNC(=NCC1(CCOC)CCC1)NCC(F)F.I. The van der Waals surface area contributed by atoms with Crippen LogP contribution >= 0.6 is 24.0 Å². The van der Waals surface area contributed by atoms with Gasteiger partial charge in [-0.05, 0) is 31.6 Å². The first-order valence-electron chi connectivity index (χ1n) is 6.91. The van der Waals surface area contributed by atoms with E-state index < -0.39 is 6.43 Å². The third kappa shape index (κ3) is 7.01. The van der Waals surface area contributed by atoms with Crippen molar-refractivity contribution in [2.75, 3.05) is 33.4 Å². The molecule has 0 aromatic heterocycles. The zero-order chi connectivity index (χ0) is 14.1. The number of hydrogen-bond acceptors (Lipinski definition) is 2. The van der Waals surface area contributed by atoms with Crippen molar-refractivity contribution in [2.45, 2.75) is 39.0 Å².